The minimum atomic E-state index is -0.319. The zero-order valence-corrected chi connectivity index (χ0v) is 17.3. The number of ether oxygens (including phenoxy) is 1. The summed E-state index contributed by atoms with van der Waals surface area (Å²) in [5.41, 5.74) is 11.0. The summed E-state index contributed by atoms with van der Waals surface area (Å²) >= 11 is 0. The van der Waals surface area contributed by atoms with Crippen LogP contribution in [0.4, 0.5) is 5.82 Å². The van der Waals surface area contributed by atoms with Crippen molar-refractivity contribution in [3.05, 3.63) is 95.4 Å². The Morgan fingerprint density at radius 3 is 2.24 bits per heavy atom. The fourth-order valence-corrected chi connectivity index (χ4v) is 2.95. The molecule has 3 N–H and O–H groups in total. The van der Waals surface area contributed by atoms with Crippen LogP contribution in [0.5, 0.6) is 5.75 Å². The summed E-state index contributed by atoms with van der Waals surface area (Å²) < 4.78 is 5.24. The van der Waals surface area contributed by atoms with Crippen molar-refractivity contribution >= 4 is 17.3 Å². The minimum absolute atomic E-state index is 0.319. The summed E-state index contributed by atoms with van der Waals surface area (Å²) in [4.78, 5) is 16.9. The quantitative estimate of drug-likeness (QED) is 0.524. The van der Waals surface area contributed by atoms with E-state index in [4.69, 9.17) is 10.5 Å². The van der Waals surface area contributed by atoms with Crippen molar-refractivity contribution in [2.24, 2.45) is 5.73 Å². The first-order chi connectivity index (χ1) is 13.9. The highest BCUT2D eigenvalue weighted by atomic mass is 16.5. The zero-order chi connectivity index (χ0) is 21.4. The van der Waals surface area contributed by atoms with Crippen LogP contribution < -0.4 is 15.8 Å². The Labute approximate surface area is 172 Å². The number of hydrogen-bond acceptors (Lipinski definition) is 4. The number of anilines is 1. The van der Waals surface area contributed by atoms with Crippen LogP contribution >= 0.6 is 0 Å². The molecule has 0 unspecified atom stereocenters. The molecule has 0 fully saturated rings. The van der Waals surface area contributed by atoms with Crippen LogP contribution in [-0.4, -0.2) is 18.0 Å². The summed E-state index contributed by atoms with van der Waals surface area (Å²) in [7, 11) is 1.65. The molecular weight excluding hydrogens is 362 g/mol. The summed E-state index contributed by atoms with van der Waals surface area (Å²) in [6, 6.07) is 11.6. The second kappa shape index (κ2) is 10.1. The molecule has 0 atom stereocenters. The van der Waals surface area contributed by atoms with Gasteiger partial charge in [0.1, 0.15) is 11.6 Å². The van der Waals surface area contributed by atoms with E-state index >= 15 is 0 Å². The highest BCUT2D eigenvalue weighted by molar-refractivity contribution is 6.06. The standard InChI is InChI=1S/C24H27N3O2/c1-6-7-17(4)21(14-25)24(28)27-22-13-10-19(15-26-22)23(16(2)3)18-8-11-20(29-5)12-9-18/h6-15H,1,25H2,2-5H3,(H,26,27,28)/b17-7-,21-14+. The van der Waals surface area contributed by atoms with E-state index in [2.05, 4.69) is 30.7 Å². The predicted octanol–water partition coefficient (Wildman–Crippen LogP) is 4.85. The fourth-order valence-electron chi connectivity index (χ4n) is 2.95. The number of nitrogens with two attached hydrogens (primary N) is 1. The molecule has 0 radical (unpaired) electrons. The number of hydrogen-bond donors (Lipinski definition) is 2. The first-order valence-electron chi connectivity index (χ1n) is 9.22. The van der Waals surface area contributed by atoms with Gasteiger partial charge >= 0.3 is 0 Å². The topological polar surface area (TPSA) is 77.2 Å². The molecule has 5 heteroatoms. The lowest BCUT2D eigenvalue weighted by atomic mass is 9.95. The second-order valence-electron chi connectivity index (χ2n) is 6.66. The molecule has 2 aromatic rings. The van der Waals surface area contributed by atoms with Crippen molar-refractivity contribution in [1.29, 1.82) is 0 Å². The number of benzene rings is 1. The van der Waals surface area contributed by atoms with Crippen LogP contribution in [-0.2, 0) is 4.79 Å². The van der Waals surface area contributed by atoms with E-state index in [1.54, 1.807) is 38.4 Å². The Bertz CT molecular complexity index is 962. The molecular formula is C24H27N3O2. The SMILES string of the molecule is C=C/C=C(C)\C(=C/N)C(=O)Nc1ccc(C(=C(C)C)c2ccc(OC)cc2)cn1. The van der Waals surface area contributed by atoms with Gasteiger partial charge in [0, 0.05) is 18.0 Å². The molecule has 0 aliphatic heterocycles. The number of nitrogens with zero attached hydrogens (tertiary/aromatic N) is 1. The third kappa shape index (κ3) is 5.45. The van der Waals surface area contributed by atoms with Crippen molar-refractivity contribution in [1.82, 2.24) is 4.98 Å². The van der Waals surface area contributed by atoms with E-state index in [9.17, 15) is 4.79 Å². The second-order valence-corrected chi connectivity index (χ2v) is 6.66. The largest absolute Gasteiger partial charge is 0.497 e. The average Bonchev–Trinajstić information content (AvgIpc) is 2.70. The molecule has 0 bridgehead atoms. The molecule has 1 amide bonds. The molecule has 0 aliphatic rings. The summed E-state index contributed by atoms with van der Waals surface area (Å²) in [5.74, 6) is 0.941. The molecule has 1 aromatic carbocycles. The van der Waals surface area contributed by atoms with Gasteiger partial charge in [0.05, 0.1) is 12.7 Å². The molecule has 0 aliphatic carbocycles. The van der Waals surface area contributed by atoms with E-state index in [0.717, 1.165) is 33.6 Å². The molecule has 1 heterocycles. The van der Waals surface area contributed by atoms with Crippen LogP contribution in [0.3, 0.4) is 0 Å². The monoisotopic (exact) mass is 389 g/mol. The molecule has 150 valence electrons. The fraction of sp³-hybridized carbons (Fsp3) is 0.167. The number of carbonyl (C=O) groups excluding carboxylic acids is 1. The summed E-state index contributed by atoms with van der Waals surface area (Å²) in [6.07, 6.45) is 6.37. The van der Waals surface area contributed by atoms with Gasteiger partial charge in [0.2, 0.25) is 0 Å². The lowest BCUT2D eigenvalue weighted by molar-refractivity contribution is -0.112. The molecule has 0 saturated carbocycles. The van der Waals surface area contributed by atoms with Gasteiger partial charge in [0.25, 0.3) is 5.91 Å². The molecule has 29 heavy (non-hydrogen) atoms. The van der Waals surface area contributed by atoms with E-state index in [1.165, 1.54) is 6.20 Å². The van der Waals surface area contributed by atoms with E-state index in [0.29, 0.717) is 11.4 Å². The number of rotatable bonds is 7. The van der Waals surface area contributed by atoms with Crippen LogP contribution in [0.2, 0.25) is 0 Å². The maximum atomic E-state index is 12.5. The van der Waals surface area contributed by atoms with E-state index in [-0.39, 0.29) is 5.91 Å². The molecule has 0 spiro atoms. The van der Waals surface area contributed by atoms with Crippen LogP contribution in [0.25, 0.3) is 5.57 Å². The zero-order valence-electron chi connectivity index (χ0n) is 17.3. The highest BCUT2D eigenvalue weighted by Crippen LogP contribution is 2.28. The molecule has 5 nitrogen and oxygen atoms in total. The Hall–Kier alpha value is -3.60. The molecule has 2 rings (SSSR count). The normalized spacial score (nSPS) is 11.6. The predicted molar refractivity (Wildman–Crippen MR) is 119 cm³/mol. The maximum Gasteiger partial charge on any atom is 0.258 e. The Kier molecular flexibility index (Phi) is 7.54. The number of nitrogens with one attached hydrogen (secondary N) is 1. The van der Waals surface area contributed by atoms with Crippen molar-refractivity contribution in [2.45, 2.75) is 20.8 Å². The third-order valence-electron chi connectivity index (χ3n) is 4.38. The first kappa shape index (κ1) is 21.7. The van der Waals surface area contributed by atoms with Crippen molar-refractivity contribution in [2.75, 3.05) is 12.4 Å². The Balaban J connectivity index is 2.25. The Morgan fingerprint density at radius 2 is 1.76 bits per heavy atom. The minimum Gasteiger partial charge on any atom is -0.497 e. The van der Waals surface area contributed by atoms with Crippen LogP contribution in [0.15, 0.2) is 84.2 Å². The lowest BCUT2D eigenvalue weighted by Crippen LogP contribution is -2.17. The first-order valence-corrected chi connectivity index (χ1v) is 9.22. The van der Waals surface area contributed by atoms with Gasteiger partial charge in [-0.2, -0.15) is 0 Å². The number of carbonyl (C=O) groups is 1. The number of aromatic nitrogens is 1. The highest BCUT2D eigenvalue weighted by Gasteiger charge is 2.13. The van der Waals surface area contributed by atoms with Gasteiger partial charge in [-0.1, -0.05) is 36.4 Å². The van der Waals surface area contributed by atoms with E-state index < -0.39 is 0 Å². The number of methoxy groups -OCH3 is 1. The summed E-state index contributed by atoms with van der Waals surface area (Å²) in [6.45, 7) is 9.55. The summed E-state index contributed by atoms with van der Waals surface area (Å²) in [5, 5.41) is 2.78. The van der Waals surface area contributed by atoms with Crippen LogP contribution in [0, 0.1) is 0 Å². The average molecular weight is 389 g/mol. The maximum absolute atomic E-state index is 12.5. The van der Waals surface area contributed by atoms with Gasteiger partial charge in [-0.3, -0.25) is 4.79 Å². The van der Waals surface area contributed by atoms with E-state index in [1.807, 2.05) is 30.3 Å². The van der Waals surface area contributed by atoms with Crippen molar-refractivity contribution in [3.8, 4) is 5.75 Å². The number of allylic oxidation sites excluding steroid dienone is 3. The Morgan fingerprint density at radius 1 is 1.10 bits per heavy atom. The van der Waals surface area contributed by atoms with Gasteiger partial charge in [-0.25, -0.2) is 4.98 Å². The molecule has 1 aromatic heterocycles. The van der Waals surface area contributed by atoms with Crippen LogP contribution in [0.1, 0.15) is 31.9 Å². The van der Waals surface area contributed by atoms with Crippen molar-refractivity contribution in [3.63, 3.8) is 0 Å². The van der Waals surface area contributed by atoms with Gasteiger partial charge in [-0.15, -0.1) is 0 Å². The number of amides is 1. The van der Waals surface area contributed by atoms with Crippen molar-refractivity contribution < 1.29 is 9.53 Å². The third-order valence-corrected chi connectivity index (χ3v) is 4.38. The lowest BCUT2D eigenvalue weighted by Gasteiger charge is -2.13. The van der Waals surface area contributed by atoms with Gasteiger partial charge in [0.15, 0.2) is 0 Å². The number of pyridine rings is 1. The van der Waals surface area contributed by atoms with Gasteiger partial charge < -0.3 is 15.8 Å². The molecule has 0 saturated heterocycles. The van der Waals surface area contributed by atoms with Gasteiger partial charge in [-0.05, 0) is 61.7 Å². The smallest absolute Gasteiger partial charge is 0.258 e.